The lowest BCUT2D eigenvalue weighted by Crippen LogP contribution is -2.79. The van der Waals surface area contributed by atoms with Gasteiger partial charge >= 0.3 is 0 Å². The molecule has 0 aliphatic rings. The van der Waals surface area contributed by atoms with Crippen molar-refractivity contribution in [3.05, 3.63) is 91.0 Å². The molecular weight excluding hydrogens is 476 g/mol. The second-order valence-corrected chi connectivity index (χ2v) is 15.4. The summed E-state index contributed by atoms with van der Waals surface area (Å²) < 4.78 is 0. The summed E-state index contributed by atoms with van der Waals surface area (Å²) in [4.78, 5) is 0. The van der Waals surface area contributed by atoms with Gasteiger partial charge in [-0.1, -0.05) is 188 Å². The van der Waals surface area contributed by atoms with Crippen LogP contribution in [0.2, 0.25) is 0 Å². The average Bonchev–Trinajstić information content (AvgIpc) is 2.97. The fraction of sp³-hybridized carbons (Fsp3) is 0.500. The minimum absolute atomic E-state index is 0.755. The second kappa shape index (κ2) is 16.7. The largest absolute Gasteiger partial charge is 0.392 e. The smallest absolute Gasteiger partial charge is 0.182 e. The van der Waals surface area contributed by atoms with Gasteiger partial charge in [0.2, 0.25) is 0 Å². The van der Waals surface area contributed by atoms with E-state index in [1.165, 1.54) is 92.6 Å². The van der Waals surface area contributed by atoms with Crippen molar-refractivity contribution in [2.75, 3.05) is 0 Å². The molecule has 0 saturated heterocycles. The first kappa shape index (κ1) is 30.4. The van der Waals surface area contributed by atoms with Gasteiger partial charge in [0.15, 0.2) is 8.07 Å². The van der Waals surface area contributed by atoms with E-state index in [-0.39, 0.29) is 0 Å². The number of benzene rings is 3. The molecule has 0 amide bonds. The van der Waals surface area contributed by atoms with Gasteiger partial charge < -0.3 is 5.11 Å². The third-order valence-electron chi connectivity index (χ3n) is 8.60. The van der Waals surface area contributed by atoms with Crippen molar-refractivity contribution < 1.29 is 5.11 Å². The molecule has 3 aromatic carbocycles. The molecule has 0 aliphatic carbocycles. The van der Waals surface area contributed by atoms with Crippen molar-refractivity contribution in [3.8, 4) is 0 Å². The molecule has 3 rings (SSSR count). The Bertz CT molecular complexity index is 891. The van der Waals surface area contributed by atoms with E-state index >= 15 is 0 Å². The van der Waals surface area contributed by atoms with Crippen molar-refractivity contribution in [3.63, 3.8) is 0 Å². The zero-order valence-electron chi connectivity index (χ0n) is 24.2. The number of hydrogen-bond donors (Lipinski definition) is 1. The topological polar surface area (TPSA) is 20.2 Å². The summed E-state index contributed by atoms with van der Waals surface area (Å²) in [6, 6.07) is 32.7. The van der Waals surface area contributed by atoms with Crippen LogP contribution in [0.5, 0.6) is 0 Å². The van der Waals surface area contributed by atoms with E-state index in [1.54, 1.807) is 0 Å². The first-order valence-corrected chi connectivity index (χ1v) is 17.6. The van der Waals surface area contributed by atoms with Crippen LogP contribution in [0.1, 0.15) is 110 Å². The normalized spacial score (nSPS) is 13.3. The van der Waals surface area contributed by atoms with Crippen molar-refractivity contribution >= 4 is 23.6 Å². The molecule has 0 bridgehead atoms. The Kier molecular flexibility index (Phi) is 13.4. The fourth-order valence-electron chi connectivity index (χ4n) is 6.44. The van der Waals surface area contributed by atoms with Gasteiger partial charge in [-0.05, 0) is 28.4 Å². The molecule has 0 unspecified atom stereocenters. The van der Waals surface area contributed by atoms with Crippen LogP contribution in [0.25, 0.3) is 0 Å². The third kappa shape index (κ3) is 7.93. The van der Waals surface area contributed by atoms with E-state index in [4.69, 9.17) is 0 Å². The highest BCUT2D eigenvalue weighted by molar-refractivity contribution is 7.13. The summed E-state index contributed by atoms with van der Waals surface area (Å²) >= 11 is 0. The molecule has 1 atom stereocenters. The molecule has 0 saturated carbocycles. The summed E-state index contributed by atoms with van der Waals surface area (Å²) in [5, 5.41) is 15.9. The first-order valence-electron chi connectivity index (χ1n) is 15.6. The van der Waals surface area contributed by atoms with Crippen LogP contribution in [-0.2, 0) is 0 Å². The fourth-order valence-corrected chi connectivity index (χ4v) is 12.2. The standard InChI is InChI=1S/C36H52OSi/c1-3-5-6-7-8-9-10-11-12-13-14-15-25-32-36(37,4-2)38(33-26-19-16-20-27-33,34-28-21-17-22-29-34)35-30-23-18-24-31-35/h16-24,26-31,37H,3-15,25,32H2,1-2H3/t36-/m1/s1. The zero-order valence-corrected chi connectivity index (χ0v) is 25.2. The lowest BCUT2D eigenvalue weighted by Gasteiger charge is -2.47. The van der Waals surface area contributed by atoms with Gasteiger partial charge in [0.25, 0.3) is 0 Å². The minimum atomic E-state index is -2.72. The van der Waals surface area contributed by atoms with Gasteiger partial charge in [-0.3, -0.25) is 0 Å². The molecule has 0 heterocycles. The molecule has 0 spiro atoms. The monoisotopic (exact) mass is 528 g/mol. The Labute approximate surface area is 234 Å². The maximum Gasteiger partial charge on any atom is 0.182 e. The highest BCUT2D eigenvalue weighted by atomic mass is 28.3. The molecule has 1 nitrogen and oxygen atoms in total. The average molecular weight is 529 g/mol. The maximum absolute atomic E-state index is 12.7. The number of unbranched alkanes of at least 4 members (excludes halogenated alkanes) is 12. The molecule has 38 heavy (non-hydrogen) atoms. The summed E-state index contributed by atoms with van der Waals surface area (Å²) in [7, 11) is -2.72. The highest BCUT2D eigenvalue weighted by Crippen LogP contribution is 2.31. The Morgan fingerprint density at radius 2 is 0.789 bits per heavy atom. The number of hydrogen-bond acceptors (Lipinski definition) is 1. The first-order chi connectivity index (χ1) is 18.7. The molecule has 206 valence electrons. The van der Waals surface area contributed by atoms with Gasteiger partial charge in [-0.25, -0.2) is 0 Å². The van der Waals surface area contributed by atoms with Crippen molar-refractivity contribution in [1.29, 1.82) is 0 Å². The lowest BCUT2D eigenvalue weighted by atomic mass is 10.0. The van der Waals surface area contributed by atoms with Gasteiger partial charge in [0.05, 0.1) is 5.22 Å². The van der Waals surface area contributed by atoms with Gasteiger partial charge in [-0.15, -0.1) is 0 Å². The van der Waals surface area contributed by atoms with Gasteiger partial charge in [0, 0.05) is 0 Å². The predicted octanol–water partition coefficient (Wildman–Crippen LogP) is 8.32. The van der Waals surface area contributed by atoms with E-state index in [0.717, 1.165) is 19.3 Å². The summed E-state index contributed by atoms with van der Waals surface area (Å²) in [6.45, 7) is 4.48. The quantitative estimate of drug-likeness (QED) is 0.0942. The molecular formula is C36H52OSi. The second-order valence-electron chi connectivity index (χ2n) is 11.2. The van der Waals surface area contributed by atoms with E-state index in [2.05, 4.69) is 105 Å². The van der Waals surface area contributed by atoms with Crippen molar-refractivity contribution in [1.82, 2.24) is 0 Å². The van der Waals surface area contributed by atoms with E-state index < -0.39 is 13.3 Å². The SMILES string of the molecule is CCCCCCCCCCCCCCC[C@@](O)(CC)[Si](c1ccccc1)(c1ccccc1)c1ccccc1. The Morgan fingerprint density at radius 3 is 1.11 bits per heavy atom. The van der Waals surface area contributed by atoms with Crippen LogP contribution >= 0.6 is 0 Å². The molecule has 2 heteroatoms. The van der Waals surface area contributed by atoms with E-state index in [9.17, 15) is 5.11 Å². The summed E-state index contributed by atoms with van der Waals surface area (Å²) in [6.07, 6.45) is 19.1. The molecule has 0 aromatic heterocycles. The highest BCUT2D eigenvalue weighted by Gasteiger charge is 2.54. The van der Waals surface area contributed by atoms with Crippen molar-refractivity contribution in [2.45, 2.75) is 115 Å². The van der Waals surface area contributed by atoms with Crippen LogP contribution in [0.4, 0.5) is 0 Å². The Hall–Kier alpha value is -2.16. The molecule has 0 radical (unpaired) electrons. The van der Waals surface area contributed by atoms with Crippen LogP contribution in [0.15, 0.2) is 91.0 Å². The van der Waals surface area contributed by atoms with Crippen LogP contribution in [-0.4, -0.2) is 18.4 Å². The number of rotatable bonds is 19. The van der Waals surface area contributed by atoms with E-state index in [0.29, 0.717) is 0 Å². The Morgan fingerprint density at radius 1 is 0.474 bits per heavy atom. The molecule has 1 N–H and O–H groups in total. The van der Waals surface area contributed by atoms with Crippen LogP contribution in [0.3, 0.4) is 0 Å². The summed E-state index contributed by atoms with van der Waals surface area (Å²) in [5.74, 6) is 0. The minimum Gasteiger partial charge on any atom is -0.392 e. The Balaban J connectivity index is 1.66. The van der Waals surface area contributed by atoms with E-state index in [1.807, 2.05) is 0 Å². The zero-order chi connectivity index (χ0) is 26.9. The van der Waals surface area contributed by atoms with Gasteiger partial charge in [-0.2, -0.15) is 0 Å². The van der Waals surface area contributed by atoms with Crippen LogP contribution in [0, 0.1) is 0 Å². The van der Waals surface area contributed by atoms with Gasteiger partial charge in [0.1, 0.15) is 0 Å². The summed E-state index contributed by atoms with van der Waals surface area (Å²) in [5.41, 5.74) is 0. The maximum atomic E-state index is 12.7. The molecule has 0 aliphatic heterocycles. The molecule has 0 fully saturated rings. The van der Waals surface area contributed by atoms with Crippen molar-refractivity contribution in [2.24, 2.45) is 0 Å². The third-order valence-corrected chi connectivity index (χ3v) is 14.2. The van der Waals surface area contributed by atoms with Crippen LogP contribution < -0.4 is 15.6 Å². The lowest BCUT2D eigenvalue weighted by molar-refractivity contribution is 0.102. The number of aliphatic hydroxyl groups is 1. The predicted molar refractivity (Wildman–Crippen MR) is 170 cm³/mol. The molecule has 3 aromatic rings.